The number of H-pyrrole nitrogens is 1. The molecule has 0 saturated carbocycles. The number of fused-ring (bicyclic) bond motifs is 1. The lowest BCUT2D eigenvalue weighted by molar-refractivity contribution is -0.690. The van der Waals surface area contributed by atoms with Crippen LogP contribution in [0.2, 0.25) is 0 Å². The van der Waals surface area contributed by atoms with Crippen molar-refractivity contribution < 1.29 is 24.6 Å². The van der Waals surface area contributed by atoms with Gasteiger partial charge < -0.3 is 24.6 Å². The number of hydrogen-bond acceptors (Lipinski definition) is 6. The maximum atomic E-state index is 12.8. The first-order valence-corrected chi connectivity index (χ1v) is 9.79. The van der Waals surface area contributed by atoms with Gasteiger partial charge in [0.2, 0.25) is 5.88 Å². The second-order valence-corrected chi connectivity index (χ2v) is 7.19. The van der Waals surface area contributed by atoms with Gasteiger partial charge in [-0.25, -0.2) is 9.36 Å². The Balaban J connectivity index is 1.93. The van der Waals surface area contributed by atoms with Crippen LogP contribution in [0.15, 0.2) is 46.0 Å². The van der Waals surface area contributed by atoms with Crippen molar-refractivity contribution in [3.63, 3.8) is 0 Å². The van der Waals surface area contributed by atoms with Crippen molar-refractivity contribution in [3.8, 4) is 28.8 Å². The Hall–Kier alpha value is -3.72. The first kappa shape index (κ1) is 20.5. The molecule has 0 fully saturated rings. The number of nitrogens with one attached hydrogen (secondary N) is 1. The van der Waals surface area contributed by atoms with Gasteiger partial charge in [0.1, 0.15) is 17.4 Å². The van der Waals surface area contributed by atoms with Crippen molar-refractivity contribution in [2.45, 2.75) is 12.5 Å². The van der Waals surface area contributed by atoms with Crippen LogP contribution in [-0.4, -0.2) is 42.5 Å². The number of methoxy groups -OCH3 is 3. The molecule has 0 amide bonds. The van der Waals surface area contributed by atoms with Crippen LogP contribution in [-0.2, 0) is 6.42 Å². The van der Waals surface area contributed by atoms with Gasteiger partial charge in [0.15, 0.2) is 11.5 Å². The largest absolute Gasteiger partial charge is 0.497 e. The van der Waals surface area contributed by atoms with E-state index in [4.69, 9.17) is 14.2 Å². The predicted molar refractivity (Wildman–Crippen MR) is 113 cm³/mol. The van der Waals surface area contributed by atoms with Crippen LogP contribution in [0.25, 0.3) is 5.69 Å². The summed E-state index contributed by atoms with van der Waals surface area (Å²) in [6.07, 6.45) is 0.764. The lowest BCUT2D eigenvalue weighted by atomic mass is 9.90. The number of benzene rings is 2. The highest BCUT2D eigenvalue weighted by molar-refractivity contribution is 5.52. The first-order chi connectivity index (χ1) is 15.0. The van der Waals surface area contributed by atoms with Crippen molar-refractivity contribution in [2.24, 2.45) is 0 Å². The fourth-order valence-electron chi connectivity index (χ4n) is 4.06. The third-order valence-electron chi connectivity index (χ3n) is 5.54. The molecule has 2 heterocycles. The van der Waals surface area contributed by atoms with Crippen molar-refractivity contribution in [2.75, 3.05) is 27.9 Å². The Bertz CT molecular complexity index is 1250. The standard InChI is InChI=1S/C22H23N3O6/c1-29-14-6-4-5-13(10-14)25-21(27)18(20(26)24-22(25)28)19-15-11-17(31-3)16(30-2)9-12(15)7-8-23-19/h4-6,9-11,19,23,27H,7-8H2,1-3H3,(H,24,26,28)/p+1/t19-/m1/s1. The van der Waals surface area contributed by atoms with Gasteiger partial charge in [-0.2, -0.15) is 0 Å². The zero-order valence-electron chi connectivity index (χ0n) is 17.5. The van der Waals surface area contributed by atoms with E-state index in [0.29, 0.717) is 29.5 Å². The van der Waals surface area contributed by atoms with E-state index in [1.807, 2.05) is 17.4 Å². The first-order valence-electron chi connectivity index (χ1n) is 9.79. The molecule has 9 heteroatoms. The molecule has 1 aromatic heterocycles. The van der Waals surface area contributed by atoms with Gasteiger partial charge in [0, 0.05) is 18.1 Å². The lowest BCUT2D eigenvalue weighted by Crippen LogP contribution is -2.87. The average Bonchev–Trinajstić information content (AvgIpc) is 2.78. The Morgan fingerprint density at radius 1 is 1.06 bits per heavy atom. The van der Waals surface area contributed by atoms with Gasteiger partial charge in [0.05, 0.1) is 33.6 Å². The quantitative estimate of drug-likeness (QED) is 0.546. The van der Waals surface area contributed by atoms with Crippen molar-refractivity contribution in [1.82, 2.24) is 9.55 Å². The molecule has 4 rings (SSSR count). The third-order valence-corrected chi connectivity index (χ3v) is 5.54. The molecular formula is C22H24N3O6+. The van der Waals surface area contributed by atoms with Gasteiger partial charge >= 0.3 is 5.69 Å². The molecule has 1 aliphatic rings. The number of aromatic nitrogens is 2. The summed E-state index contributed by atoms with van der Waals surface area (Å²) < 4.78 is 17.1. The van der Waals surface area contributed by atoms with E-state index in [9.17, 15) is 14.7 Å². The molecule has 0 aliphatic carbocycles. The van der Waals surface area contributed by atoms with Gasteiger partial charge in [0.25, 0.3) is 5.56 Å². The van der Waals surface area contributed by atoms with Crippen LogP contribution in [0.1, 0.15) is 22.7 Å². The number of quaternary nitrogens is 1. The Morgan fingerprint density at radius 3 is 2.52 bits per heavy atom. The topological polar surface area (TPSA) is 119 Å². The van der Waals surface area contributed by atoms with E-state index in [-0.39, 0.29) is 5.56 Å². The summed E-state index contributed by atoms with van der Waals surface area (Å²) in [5.74, 6) is 1.23. The molecule has 9 nitrogen and oxygen atoms in total. The summed E-state index contributed by atoms with van der Waals surface area (Å²) in [6, 6.07) is 9.86. The summed E-state index contributed by atoms with van der Waals surface area (Å²) in [5, 5.41) is 13.1. The SMILES string of the molecule is COc1cccc(-n2c(O)c([C@@H]3[NH2+]CCc4cc(OC)c(OC)cc43)c(=O)[nH]c2=O)c1. The minimum Gasteiger partial charge on any atom is -0.497 e. The molecule has 0 spiro atoms. The number of aromatic hydroxyl groups is 1. The average molecular weight is 426 g/mol. The predicted octanol–water partition coefficient (Wildman–Crippen LogP) is 0.466. The normalized spacial score (nSPS) is 15.3. The number of nitrogens with two attached hydrogens (primary N) is 1. The van der Waals surface area contributed by atoms with Crippen LogP contribution in [0.3, 0.4) is 0 Å². The van der Waals surface area contributed by atoms with Gasteiger partial charge in [-0.3, -0.25) is 9.78 Å². The molecule has 0 saturated heterocycles. The zero-order valence-corrected chi connectivity index (χ0v) is 17.5. The maximum Gasteiger partial charge on any atom is 0.335 e. The molecule has 0 unspecified atom stereocenters. The summed E-state index contributed by atoms with van der Waals surface area (Å²) in [6.45, 7) is 0.699. The summed E-state index contributed by atoms with van der Waals surface area (Å²) in [4.78, 5) is 27.7. The fourth-order valence-corrected chi connectivity index (χ4v) is 4.06. The van der Waals surface area contributed by atoms with E-state index in [0.717, 1.165) is 22.1 Å². The van der Waals surface area contributed by atoms with E-state index in [1.54, 1.807) is 38.5 Å². The van der Waals surface area contributed by atoms with Crippen LogP contribution in [0.5, 0.6) is 23.1 Å². The summed E-state index contributed by atoms with van der Waals surface area (Å²) in [5.41, 5.74) is 0.912. The van der Waals surface area contributed by atoms with Crippen LogP contribution < -0.4 is 30.8 Å². The van der Waals surface area contributed by atoms with Crippen molar-refractivity contribution in [1.29, 1.82) is 0 Å². The monoisotopic (exact) mass is 426 g/mol. The highest BCUT2D eigenvalue weighted by Gasteiger charge is 2.33. The zero-order chi connectivity index (χ0) is 22.1. The smallest absolute Gasteiger partial charge is 0.335 e. The van der Waals surface area contributed by atoms with Crippen molar-refractivity contribution >= 4 is 0 Å². The van der Waals surface area contributed by atoms with Gasteiger partial charge in [-0.1, -0.05) is 6.07 Å². The molecule has 1 aliphatic heterocycles. The molecule has 162 valence electrons. The van der Waals surface area contributed by atoms with Gasteiger partial charge in [-0.15, -0.1) is 0 Å². The Labute approximate surface area is 177 Å². The van der Waals surface area contributed by atoms with E-state index in [2.05, 4.69) is 4.98 Å². The van der Waals surface area contributed by atoms with Crippen LogP contribution >= 0.6 is 0 Å². The van der Waals surface area contributed by atoms with E-state index in [1.165, 1.54) is 7.11 Å². The summed E-state index contributed by atoms with van der Waals surface area (Å²) in [7, 11) is 4.62. The number of ether oxygens (including phenoxy) is 3. The number of hydrogen-bond donors (Lipinski definition) is 3. The molecule has 1 atom stereocenters. The van der Waals surface area contributed by atoms with Crippen molar-refractivity contribution in [3.05, 3.63) is 73.9 Å². The van der Waals surface area contributed by atoms with Crippen LogP contribution in [0, 0.1) is 0 Å². The number of rotatable bonds is 5. The number of nitrogens with zero attached hydrogens (tertiary/aromatic N) is 1. The Kier molecular flexibility index (Phi) is 5.43. The minimum atomic E-state index is -0.733. The Morgan fingerprint density at radius 2 is 1.81 bits per heavy atom. The second kappa shape index (κ2) is 8.19. The highest BCUT2D eigenvalue weighted by atomic mass is 16.5. The molecule has 2 aromatic carbocycles. The second-order valence-electron chi connectivity index (χ2n) is 7.19. The molecule has 4 N–H and O–H groups in total. The molecule has 31 heavy (non-hydrogen) atoms. The molecule has 0 bridgehead atoms. The maximum absolute atomic E-state index is 12.8. The molecule has 3 aromatic rings. The van der Waals surface area contributed by atoms with Gasteiger partial charge in [-0.05, 0) is 29.8 Å². The molecule has 0 radical (unpaired) electrons. The van der Waals surface area contributed by atoms with Crippen LogP contribution in [0.4, 0.5) is 0 Å². The van der Waals surface area contributed by atoms with E-state index >= 15 is 0 Å². The number of aromatic amines is 1. The lowest BCUT2D eigenvalue weighted by Gasteiger charge is -2.26. The summed E-state index contributed by atoms with van der Waals surface area (Å²) >= 11 is 0. The minimum absolute atomic E-state index is 0.0931. The third kappa shape index (κ3) is 3.53. The molecular weight excluding hydrogens is 402 g/mol. The fraction of sp³-hybridized carbons (Fsp3) is 0.273. The highest BCUT2D eigenvalue weighted by Crippen LogP contribution is 2.36. The van der Waals surface area contributed by atoms with E-state index < -0.39 is 23.2 Å².